The van der Waals surface area contributed by atoms with E-state index in [1.807, 2.05) is 12.2 Å². The summed E-state index contributed by atoms with van der Waals surface area (Å²) in [5.41, 5.74) is 7.85. The summed E-state index contributed by atoms with van der Waals surface area (Å²) in [5.74, 6) is 2.24. The van der Waals surface area contributed by atoms with Crippen molar-refractivity contribution in [3.8, 4) is 0 Å². The van der Waals surface area contributed by atoms with Gasteiger partial charge in [0.2, 0.25) is 5.76 Å². The topological polar surface area (TPSA) is 65.7 Å². The number of ether oxygens (including phenoxy) is 3. The molecule has 1 aliphatic heterocycles. The number of rotatable bonds is 5. The van der Waals surface area contributed by atoms with Gasteiger partial charge in [0, 0.05) is 30.3 Å². The molecule has 0 unspecified atom stereocenters. The molecule has 0 fully saturated rings. The number of allylic oxidation sites excluding steroid dienone is 3. The SMILES string of the molecule is CCCNC1=C2CC=C(OC)C(OC)=C2OC(N)=C1. The third-order valence-corrected chi connectivity index (χ3v) is 3.02. The molecule has 0 atom stereocenters. The summed E-state index contributed by atoms with van der Waals surface area (Å²) in [6.07, 6.45) is 5.55. The van der Waals surface area contributed by atoms with Gasteiger partial charge in [-0.25, -0.2) is 0 Å². The molecule has 3 N–H and O–H groups in total. The van der Waals surface area contributed by atoms with E-state index in [0.29, 0.717) is 23.2 Å². The standard InChI is InChI=1S/C14H20N2O3/c1-4-7-16-10-8-12(15)19-13-9(10)5-6-11(17-2)14(13)18-3/h6,8,16H,4-5,7,15H2,1-3H3. The normalized spacial score (nSPS) is 18.3. The minimum absolute atomic E-state index is 0.351. The van der Waals surface area contributed by atoms with E-state index in [1.165, 1.54) is 0 Å². The van der Waals surface area contributed by atoms with Gasteiger partial charge < -0.3 is 25.3 Å². The van der Waals surface area contributed by atoms with Gasteiger partial charge in [-0.1, -0.05) is 6.92 Å². The van der Waals surface area contributed by atoms with Crippen LogP contribution >= 0.6 is 0 Å². The lowest BCUT2D eigenvalue weighted by molar-refractivity contribution is 0.185. The van der Waals surface area contributed by atoms with Gasteiger partial charge in [0.25, 0.3) is 0 Å². The Hall–Kier alpha value is -2.04. The first kappa shape index (κ1) is 13.4. The molecule has 2 rings (SSSR count). The number of hydrogen-bond acceptors (Lipinski definition) is 5. The van der Waals surface area contributed by atoms with Gasteiger partial charge in [-0.05, 0) is 12.5 Å². The quantitative estimate of drug-likeness (QED) is 0.793. The van der Waals surface area contributed by atoms with Gasteiger partial charge in [0.1, 0.15) is 0 Å². The fourth-order valence-electron chi connectivity index (χ4n) is 2.13. The maximum Gasteiger partial charge on any atom is 0.204 e. The minimum atomic E-state index is 0.351. The Kier molecular flexibility index (Phi) is 4.04. The molecule has 0 amide bonds. The van der Waals surface area contributed by atoms with Gasteiger partial charge in [0.15, 0.2) is 17.4 Å². The molecule has 0 aromatic rings. The van der Waals surface area contributed by atoms with Crippen LogP contribution in [0, 0.1) is 0 Å². The van der Waals surface area contributed by atoms with Crippen LogP contribution in [0.1, 0.15) is 19.8 Å². The van der Waals surface area contributed by atoms with Gasteiger partial charge in [-0.15, -0.1) is 0 Å². The molecule has 0 bridgehead atoms. The Morgan fingerprint density at radius 1 is 1.37 bits per heavy atom. The van der Waals surface area contributed by atoms with Crippen molar-refractivity contribution < 1.29 is 14.2 Å². The zero-order valence-electron chi connectivity index (χ0n) is 11.6. The summed E-state index contributed by atoms with van der Waals surface area (Å²) >= 11 is 0. The van der Waals surface area contributed by atoms with E-state index in [0.717, 1.165) is 30.7 Å². The molecule has 0 aromatic carbocycles. The lowest BCUT2D eigenvalue weighted by atomic mass is 9.99. The highest BCUT2D eigenvalue weighted by Crippen LogP contribution is 2.36. The van der Waals surface area contributed by atoms with E-state index in [9.17, 15) is 0 Å². The highest BCUT2D eigenvalue weighted by atomic mass is 16.5. The molecule has 0 saturated heterocycles. The summed E-state index contributed by atoms with van der Waals surface area (Å²) in [6.45, 7) is 3.00. The number of fused-ring (bicyclic) bond motifs is 1. The molecule has 5 nitrogen and oxygen atoms in total. The first-order valence-corrected chi connectivity index (χ1v) is 6.36. The van der Waals surface area contributed by atoms with Crippen LogP contribution in [0.25, 0.3) is 0 Å². The average molecular weight is 264 g/mol. The molecule has 5 heteroatoms. The van der Waals surface area contributed by atoms with Crippen LogP contribution in [0.15, 0.2) is 46.6 Å². The smallest absolute Gasteiger partial charge is 0.204 e. The van der Waals surface area contributed by atoms with Crippen molar-refractivity contribution in [3.05, 3.63) is 46.6 Å². The molecular formula is C14H20N2O3. The van der Waals surface area contributed by atoms with Crippen LogP contribution in [0.5, 0.6) is 0 Å². The summed E-state index contributed by atoms with van der Waals surface area (Å²) in [6, 6.07) is 0. The predicted octanol–water partition coefficient (Wildman–Crippen LogP) is 1.86. The minimum Gasteiger partial charge on any atom is -0.493 e. The zero-order valence-corrected chi connectivity index (χ0v) is 11.6. The molecule has 1 heterocycles. The van der Waals surface area contributed by atoms with Crippen LogP contribution in [0.2, 0.25) is 0 Å². The average Bonchev–Trinajstić information content (AvgIpc) is 2.43. The first-order chi connectivity index (χ1) is 9.21. The summed E-state index contributed by atoms with van der Waals surface area (Å²) in [5, 5.41) is 3.36. The molecule has 19 heavy (non-hydrogen) atoms. The summed E-state index contributed by atoms with van der Waals surface area (Å²) in [4.78, 5) is 0. The van der Waals surface area contributed by atoms with E-state index in [-0.39, 0.29) is 0 Å². The third-order valence-electron chi connectivity index (χ3n) is 3.02. The third kappa shape index (κ3) is 2.54. The molecule has 1 aliphatic carbocycles. The number of hydrogen-bond donors (Lipinski definition) is 2. The second kappa shape index (κ2) is 5.73. The van der Waals surface area contributed by atoms with Crippen LogP contribution in [0.3, 0.4) is 0 Å². The Morgan fingerprint density at radius 3 is 2.79 bits per heavy atom. The number of nitrogens with one attached hydrogen (secondary N) is 1. The molecule has 0 saturated carbocycles. The molecular weight excluding hydrogens is 244 g/mol. The maximum absolute atomic E-state index is 5.82. The second-order valence-electron chi connectivity index (χ2n) is 4.31. The molecule has 0 aromatic heterocycles. The van der Waals surface area contributed by atoms with E-state index in [2.05, 4.69) is 12.2 Å². The lowest BCUT2D eigenvalue weighted by Gasteiger charge is -2.27. The number of nitrogens with two attached hydrogens (primary N) is 1. The number of methoxy groups -OCH3 is 2. The zero-order chi connectivity index (χ0) is 13.8. The van der Waals surface area contributed by atoms with E-state index in [4.69, 9.17) is 19.9 Å². The van der Waals surface area contributed by atoms with Crippen molar-refractivity contribution in [2.75, 3.05) is 20.8 Å². The Bertz CT molecular complexity index is 487. The summed E-state index contributed by atoms with van der Waals surface area (Å²) in [7, 11) is 3.20. The van der Waals surface area contributed by atoms with Crippen molar-refractivity contribution in [1.82, 2.24) is 5.32 Å². The van der Waals surface area contributed by atoms with Crippen LogP contribution in [-0.4, -0.2) is 20.8 Å². The maximum atomic E-state index is 5.82. The van der Waals surface area contributed by atoms with E-state index < -0.39 is 0 Å². The Balaban J connectivity index is 2.42. The molecule has 104 valence electrons. The van der Waals surface area contributed by atoms with Gasteiger partial charge >= 0.3 is 0 Å². The van der Waals surface area contributed by atoms with E-state index >= 15 is 0 Å². The molecule has 2 aliphatic rings. The van der Waals surface area contributed by atoms with E-state index in [1.54, 1.807) is 14.2 Å². The molecule has 0 spiro atoms. The highest BCUT2D eigenvalue weighted by Gasteiger charge is 2.28. The van der Waals surface area contributed by atoms with Crippen molar-refractivity contribution >= 4 is 0 Å². The highest BCUT2D eigenvalue weighted by molar-refractivity contribution is 5.49. The first-order valence-electron chi connectivity index (χ1n) is 6.36. The summed E-state index contributed by atoms with van der Waals surface area (Å²) < 4.78 is 16.3. The largest absolute Gasteiger partial charge is 0.493 e. The van der Waals surface area contributed by atoms with Crippen LogP contribution in [0.4, 0.5) is 0 Å². The van der Waals surface area contributed by atoms with Crippen molar-refractivity contribution in [2.24, 2.45) is 5.73 Å². The van der Waals surface area contributed by atoms with Gasteiger partial charge in [-0.3, -0.25) is 0 Å². The Labute approximate surface area is 113 Å². The van der Waals surface area contributed by atoms with Crippen molar-refractivity contribution in [2.45, 2.75) is 19.8 Å². The Morgan fingerprint density at radius 2 is 2.16 bits per heavy atom. The van der Waals surface area contributed by atoms with Crippen molar-refractivity contribution in [1.29, 1.82) is 0 Å². The van der Waals surface area contributed by atoms with Crippen molar-refractivity contribution in [3.63, 3.8) is 0 Å². The predicted molar refractivity (Wildman–Crippen MR) is 72.4 cm³/mol. The molecule has 0 radical (unpaired) electrons. The fourth-order valence-corrected chi connectivity index (χ4v) is 2.13. The second-order valence-corrected chi connectivity index (χ2v) is 4.31. The van der Waals surface area contributed by atoms with Gasteiger partial charge in [0.05, 0.1) is 14.2 Å². The van der Waals surface area contributed by atoms with Crippen LogP contribution in [-0.2, 0) is 14.2 Å². The lowest BCUT2D eigenvalue weighted by Crippen LogP contribution is -2.24. The monoisotopic (exact) mass is 264 g/mol. The van der Waals surface area contributed by atoms with Gasteiger partial charge in [-0.2, -0.15) is 0 Å². The fraction of sp³-hybridized carbons (Fsp3) is 0.429. The van der Waals surface area contributed by atoms with Crippen LogP contribution < -0.4 is 11.1 Å².